The van der Waals surface area contributed by atoms with Crippen LogP contribution in [0.4, 0.5) is 14.6 Å². The number of hydrogen-bond acceptors (Lipinski definition) is 5. The normalized spacial score (nSPS) is 18.1. The molecule has 0 spiro atoms. The highest BCUT2D eigenvalue weighted by atomic mass is 19.1. The number of rotatable bonds is 7. The molecule has 36 heavy (non-hydrogen) atoms. The molecule has 2 N–H and O–H groups in total. The van der Waals surface area contributed by atoms with Crippen molar-refractivity contribution in [3.63, 3.8) is 0 Å². The van der Waals surface area contributed by atoms with Crippen LogP contribution in [0.5, 0.6) is 5.88 Å². The maximum Gasteiger partial charge on any atom is 0.254 e. The van der Waals surface area contributed by atoms with E-state index in [1.807, 2.05) is 29.2 Å². The fraction of sp³-hybridized carbons (Fsp3) is 0.357. The SMILES string of the molecule is Nc1nc(OCc2ccc(F)cc2F)ccc1-c1ccc(C(=O)N2CCC[C@@H]2CN2CCCC2)cc1. The van der Waals surface area contributed by atoms with Crippen molar-refractivity contribution in [1.82, 2.24) is 14.8 Å². The molecule has 3 heterocycles. The maximum atomic E-state index is 13.8. The van der Waals surface area contributed by atoms with Crippen LogP contribution in [0, 0.1) is 11.6 Å². The van der Waals surface area contributed by atoms with Crippen LogP contribution in [0.2, 0.25) is 0 Å². The first-order valence-electron chi connectivity index (χ1n) is 12.4. The molecule has 0 radical (unpaired) electrons. The summed E-state index contributed by atoms with van der Waals surface area (Å²) in [4.78, 5) is 22.0. The van der Waals surface area contributed by atoms with Gasteiger partial charge in [0.15, 0.2) is 0 Å². The smallest absolute Gasteiger partial charge is 0.254 e. The van der Waals surface area contributed by atoms with Gasteiger partial charge in [-0.2, -0.15) is 4.98 Å². The zero-order valence-electron chi connectivity index (χ0n) is 20.1. The average molecular weight is 493 g/mol. The average Bonchev–Trinajstić information content (AvgIpc) is 3.56. The molecule has 0 saturated carbocycles. The van der Waals surface area contributed by atoms with Crippen LogP contribution in [-0.4, -0.2) is 52.9 Å². The minimum atomic E-state index is -0.675. The van der Waals surface area contributed by atoms with Crippen LogP contribution in [0.1, 0.15) is 41.6 Å². The van der Waals surface area contributed by atoms with Gasteiger partial charge in [-0.05, 0) is 74.7 Å². The van der Waals surface area contributed by atoms with Crippen LogP contribution in [0.15, 0.2) is 54.6 Å². The Balaban J connectivity index is 1.23. The predicted octanol–water partition coefficient (Wildman–Crippen LogP) is 4.89. The Labute approximate surface area is 209 Å². The summed E-state index contributed by atoms with van der Waals surface area (Å²) in [6.07, 6.45) is 4.61. The second-order valence-corrected chi connectivity index (χ2v) is 9.49. The first kappa shape index (κ1) is 24.2. The summed E-state index contributed by atoms with van der Waals surface area (Å²) in [7, 11) is 0. The van der Waals surface area contributed by atoms with Gasteiger partial charge in [0, 0.05) is 48.0 Å². The number of hydrogen-bond donors (Lipinski definition) is 1. The van der Waals surface area contributed by atoms with Crippen molar-refractivity contribution in [3.05, 3.63) is 77.4 Å². The quantitative estimate of drug-likeness (QED) is 0.509. The molecule has 1 aromatic heterocycles. The van der Waals surface area contributed by atoms with Crippen molar-refractivity contribution in [2.24, 2.45) is 0 Å². The molecule has 2 fully saturated rings. The van der Waals surface area contributed by atoms with Gasteiger partial charge >= 0.3 is 0 Å². The van der Waals surface area contributed by atoms with E-state index in [9.17, 15) is 13.6 Å². The molecule has 1 amide bonds. The molecule has 2 aromatic carbocycles. The Bertz CT molecular complexity index is 1230. The third-order valence-corrected chi connectivity index (χ3v) is 7.04. The molecule has 0 unspecified atom stereocenters. The van der Waals surface area contributed by atoms with Crippen molar-refractivity contribution in [2.45, 2.75) is 38.3 Å². The van der Waals surface area contributed by atoms with Crippen LogP contribution in [0.3, 0.4) is 0 Å². The molecule has 6 nitrogen and oxygen atoms in total. The number of anilines is 1. The number of nitrogens with zero attached hydrogens (tertiary/aromatic N) is 3. The van der Waals surface area contributed by atoms with Gasteiger partial charge in [0.25, 0.3) is 5.91 Å². The number of ether oxygens (including phenoxy) is 1. The highest BCUT2D eigenvalue weighted by Crippen LogP contribution is 2.29. The number of nitrogen functional groups attached to an aromatic ring is 1. The first-order valence-corrected chi connectivity index (χ1v) is 12.4. The number of nitrogens with two attached hydrogens (primary N) is 1. The Kier molecular flexibility index (Phi) is 7.13. The van der Waals surface area contributed by atoms with E-state index in [-0.39, 0.29) is 35.8 Å². The van der Waals surface area contributed by atoms with E-state index in [0.29, 0.717) is 11.1 Å². The minimum Gasteiger partial charge on any atom is -0.473 e. The maximum absolute atomic E-state index is 13.8. The predicted molar refractivity (Wildman–Crippen MR) is 135 cm³/mol. The molecule has 2 aliphatic heterocycles. The van der Waals surface area contributed by atoms with Gasteiger partial charge in [-0.15, -0.1) is 0 Å². The van der Waals surface area contributed by atoms with Crippen molar-refractivity contribution in [3.8, 4) is 17.0 Å². The number of carbonyl (C=O) groups excluding carboxylic acids is 1. The van der Waals surface area contributed by atoms with Gasteiger partial charge in [0.1, 0.15) is 24.1 Å². The Morgan fingerprint density at radius 1 is 1.00 bits per heavy atom. The summed E-state index contributed by atoms with van der Waals surface area (Å²) in [6, 6.07) is 14.5. The minimum absolute atomic E-state index is 0.0751. The fourth-order valence-electron chi connectivity index (χ4n) is 5.09. The van der Waals surface area contributed by atoms with Gasteiger partial charge in [0.2, 0.25) is 5.88 Å². The number of aromatic nitrogens is 1. The zero-order chi connectivity index (χ0) is 25.1. The fourth-order valence-corrected chi connectivity index (χ4v) is 5.09. The molecule has 2 saturated heterocycles. The monoisotopic (exact) mass is 492 g/mol. The third-order valence-electron chi connectivity index (χ3n) is 7.04. The van der Waals surface area contributed by atoms with Crippen molar-refractivity contribution < 1.29 is 18.3 Å². The van der Waals surface area contributed by atoms with Crippen molar-refractivity contribution >= 4 is 11.7 Å². The highest BCUT2D eigenvalue weighted by Gasteiger charge is 2.31. The molecule has 2 aliphatic rings. The standard InChI is InChI=1S/C28H30F2N4O2/c29-22-10-9-21(25(30)16-22)18-36-26-12-11-24(27(31)32-26)19-5-7-20(8-6-19)28(35)34-15-3-4-23(34)17-33-13-1-2-14-33/h5-12,16,23H,1-4,13-15,17-18H2,(H2,31,32)/t23-/m1/s1. The van der Waals surface area contributed by atoms with Crippen molar-refractivity contribution in [1.29, 1.82) is 0 Å². The molecule has 5 rings (SSSR count). The van der Waals surface area contributed by atoms with E-state index >= 15 is 0 Å². The number of likely N-dealkylation sites (tertiary alicyclic amines) is 2. The van der Waals surface area contributed by atoms with E-state index < -0.39 is 11.6 Å². The van der Waals surface area contributed by atoms with Gasteiger partial charge in [-0.3, -0.25) is 4.79 Å². The van der Waals surface area contributed by atoms with E-state index in [1.165, 1.54) is 25.0 Å². The van der Waals surface area contributed by atoms with Crippen LogP contribution < -0.4 is 10.5 Å². The number of benzene rings is 2. The number of amides is 1. The molecule has 1 atom stereocenters. The lowest BCUT2D eigenvalue weighted by Crippen LogP contribution is -2.42. The number of pyridine rings is 1. The van der Waals surface area contributed by atoms with Crippen LogP contribution in [-0.2, 0) is 6.61 Å². The summed E-state index contributed by atoms with van der Waals surface area (Å²) < 4.78 is 32.4. The molecule has 0 aliphatic carbocycles. The number of halogens is 2. The van der Waals surface area contributed by atoms with Gasteiger partial charge < -0.3 is 20.3 Å². The molecule has 0 bridgehead atoms. The Morgan fingerprint density at radius 2 is 1.78 bits per heavy atom. The van der Waals surface area contributed by atoms with Gasteiger partial charge in [-0.1, -0.05) is 12.1 Å². The summed E-state index contributed by atoms with van der Waals surface area (Å²) in [6.45, 7) is 3.95. The van der Waals surface area contributed by atoms with E-state index in [0.717, 1.165) is 50.7 Å². The highest BCUT2D eigenvalue weighted by molar-refractivity contribution is 5.95. The lowest BCUT2D eigenvalue weighted by atomic mass is 10.0. The lowest BCUT2D eigenvalue weighted by molar-refractivity contribution is 0.0709. The summed E-state index contributed by atoms with van der Waals surface area (Å²) in [5.41, 5.74) is 8.61. The summed E-state index contributed by atoms with van der Waals surface area (Å²) in [5, 5.41) is 0. The molecule has 3 aromatic rings. The summed E-state index contributed by atoms with van der Waals surface area (Å²) in [5.74, 6) is -0.740. The second kappa shape index (κ2) is 10.6. The molecular formula is C28H30F2N4O2. The number of carbonyl (C=O) groups is 1. The zero-order valence-corrected chi connectivity index (χ0v) is 20.1. The molecular weight excluding hydrogens is 462 g/mol. The van der Waals surface area contributed by atoms with Crippen LogP contribution in [0.25, 0.3) is 11.1 Å². The Hall–Kier alpha value is -3.52. The van der Waals surface area contributed by atoms with E-state index in [2.05, 4.69) is 9.88 Å². The van der Waals surface area contributed by atoms with E-state index in [4.69, 9.17) is 10.5 Å². The van der Waals surface area contributed by atoms with Crippen LogP contribution >= 0.6 is 0 Å². The van der Waals surface area contributed by atoms with Crippen molar-refractivity contribution in [2.75, 3.05) is 31.9 Å². The second-order valence-electron chi connectivity index (χ2n) is 9.49. The first-order chi connectivity index (χ1) is 17.5. The Morgan fingerprint density at radius 3 is 2.50 bits per heavy atom. The topological polar surface area (TPSA) is 71.7 Å². The van der Waals surface area contributed by atoms with Gasteiger partial charge in [0.05, 0.1) is 0 Å². The van der Waals surface area contributed by atoms with E-state index in [1.54, 1.807) is 12.1 Å². The molecule has 8 heteroatoms. The third kappa shape index (κ3) is 5.33. The summed E-state index contributed by atoms with van der Waals surface area (Å²) >= 11 is 0. The molecule has 188 valence electrons. The lowest BCUT2D eigenvalue weighted by Gasteiger charge is -2.28. The van der Waals surface area contributed by atoms with Gasteiger partial charge in [-0.25, -0.2) is 8.78 Å². The largest absolute Gasteiger partial charge is 0.473 e.